The molecule has 1 amide bonds. The SMILES string of the molecule is COc1ccc(S(=O)(=O)N2CCCC2C(=O)Nc2nc(-c3ccc4c(c3)CCCC4)cs2)cc1. The molecule has 1 saturated heterocycles. The van der Waals surface area contributed by atoms with E-state index in [9.17, 15) is 13.2 Å². The summed E-state index contributed by atoms with van der Waals surface area (Å²) in [7, 11) is -2.27. The molecule has 1 N–H and O–H groups in total. The van der Waals surface area contributed by atoms with Crippen LogP contribution in [0.15, 0.2) is 52.7 Å². The van der Waals surface area contributed by atoms with Crippen molar-refractivity contribution in [1.82, 2.24) is 9.29 Å². The summed E-state index contributed by atoms with van der Waals surface area (Å²) in [6, 6.07) is 11.9. The van der Waals surface area contributed by atoms with Gasteiger partial charge in [-0.1, -0.05) is 12.1 Å². The summed E-state index contributed by atoms with van der Waals surface area (Å²) in [5.74, 6) is 0.231. The van der Waals surface area contributed by atoms with Gasteiger partial charge in [0.2, 0.25) is 15.9 Å². The van der Waals surface area contributed by atoms with Crippen LogP contribution in [-0.2, 0) is 27.7 Å². The van der Waals surface area contributed by atoms with E-state index in [1.54, 1.807) is 12.1 Å². The van der Waals surface area contributed by atoms with Crippen LogP contribution in [0.25, 0.3) is 11.3 Å². The van der Waals surface area contributed by atoms with Gasteiger partial charge >= 0.3 is 0 Å². The quantitative estimate of drug-likeness (QED) is 0.542. The molecule has 3 aromatic rings. The summed E-state index contributed by atoms with van der Waals surface area (Å²) in [6.45, 7) is 0.310. The van der Waals surface area contributed by atoms with Gasteiger partial charge in [0.25, 0.3) is 0 Å². The van der Waals surface area contributed by atoms with E-state index in [4.69, 9.17) is 4.74 Å². The van der Waals surface area contributed by atoms with Crippen LogP contribution in [-0.4, -0.2) is 43.3 Å². The molecule has 2 aliphatic rings. The molecule has 1 atom stereocenters. The van der Waals surface area contributed by atoms with Crippen molar-refractivity contribution in [1.29, 1.82) is 0 Å². The molecule has 0 spiro atoms. The molecule has 1 fully saturated rings. The highest BCUT2D eigenvalue weighted by molar-refractivity contribution is 7.89. The van der Waals surface area contributed by atoms with Gasteiger partial charge in [-0.25, -0.2) is 13.4 Å². The minimum atomic E-state index is -3.80. The number of nitrogens with one attached hydrogen (secondary N) is 1. The Morgan fingerprint density at radius 1 is 1.09 bits per heavy atom. The van der Waals surface area contributed by atoms with Gasteiger partial charge in [-0.15, -0.1) is 11.3 Å². The van der Waals surface area contributed by atoms with Gasteiger partial charge in [-0.3, -0.25) is 4.79 Å². The van der Waals surface area contributed by atoms with E-state index in [1.165, 1.54) is 58.9 Å². The Bertz CT molecular complexity index is 1300. The molecule has 0 saturated carbocycles. The second-order valence-electron chi connectivity index (χ2n) is 8.67. The largest absolute Gasteiger partial charge is 0.497 e. The minimum Gasteiger partial charge on any atom is -0.497 e. The Balaban J connectivity index is 1.31. The van der Waals surface area contributed by atoms with Crippen LogP contribution in [0.2, 0.25) is 0 Å². The predicted molar refractivity (Wildman–Crippen MR) is 133 cm³/mol. The number of sulfonamides is 1. The van der Waals surface area contributed by atoms with Crippen LogP contribution in [0.5, 0.6) is 5.75 Å². The Morgan fingerprint density at radius 2 is 1.85 bits per heavy atom. The van der Waals surface area contributed by atoms with E-state index in [0.717, 1.165) is 24.1 Å². The zero-order chi connectivity index (χ0) is 23.7. The molecular weight excluding hydrogens is 470 g/mol. The van der Waals surface area contributed by atoms with E-state index in [0.29, 0.717) is 30.3 Å². The Kier molecular flexibility index (Phi) is 6.42. The predicted octanol–water partition coefficient (Wildman–Crippen LogP) is 4.49. The average Bonchev–Trinajstić information content (AvgIpc) is 3.54. The fourth-order valence-electron chi connectivity index (χ4n) is 4.72. The van der Waals surface area contributed by atoms with Crippen molar-refractivity contribution >= 4 is 32.4 Å². The van der Waals surface area contributed by atoms with Gasteiger partial charge in [0, 0.05) is 17.5 Å². The monoisotopic (exact) mass is 497 g/mol. The number of carbonyl (C=O) groups is 1. The molecule has 2 aromatic carbocycles. The lowest BCUT2D eigenvalue weighted by Crippen LogP contribution is -2.43. The van der Waals surface area contributed by atoms with Gasteiger partial charge in [0.1, 0.15) is 11.8 Å². The maximum atomic E-state index is 13.2. The number of carbonyl (C=O) groups excluding carboxylic acids is 1. The molecular formula is C25H27N3O4S2. The van der Waals surface area contributed by atoms with Crippen LogP contribution in [0, 0.1) is 0 Å². The van der Waals surface area contributed by atoms with E-state index in [-0.39, 0.29) is 10.8 Å². The first kappa shape index (κ1) is 23.0. The maximum Gasteiger partial charge on any atom is 0.244 e. The second-order valence-corrected chi connectivity index (χ2v) is 11.4. The summed E-state index contributed by atoms with van der Waals surface area (Å²) in [5.41, 5.74) is 4.66. The first-order chi connectivity index (χ1) is 16.5. The molecule has 2 heterocycles. The lowest BCUT2D eigenvalue weighted by Gasteiger charge is -2.23. The third kappa shape index (κ3) is 4.47. The Morgan fingerprint density at radius 3 is 2.62 bits per heavy atom. The zero-order valence-corrected chi connectivity index (χ0v) is 20.6. The second kappa shape index (κ2) is 9.48. The van der Waals surface area contributed by atoms with Gasteiger partial charge < -0.3 is 10.1 Å². The molecule has 1 unspecified atom stereocenters. The number of ether oxygens (including phenoxy) is 1. The fraction of sp³-hybridized carbons (Fsp3) is 0.360. The molecule has 1 aromatic heterocycles. The number of benzene rings is 2. The summed E-state index contributed by atoms with van der Waals surface area (Å²) in [5, 5.41) is 5.26. The van der Waals surface area contributed by atoms with E-state index in [1.807, 2.05) is 5.38 Å². The number of aromatic nitrogens is 1. The molecule has 7 nitrogen and oxygen atoms in total. The molecule has 178 valence electrons. The van der Waals surface area contributed by atoms with E-state index >= 15 is 0 Å². The molecule has 5 rings (SSSR count). The summed E-state index contributed by atoms with van der Waals surface area (Å²) in [4.78, 5) is 17.8. The summed E-state index contributed by atoms with van der Waals surface area (Å²) < 4.78 is 32.8. The van der Waals surface area contributed by atoms with Crippen molar-refractivity contribution in [3.63, 3.8) is 0 Å². The number of aryl methyl sites for hydroxylation is 2. The number of thiazole rings is 1. The number of rotatable bonds is 6. The lowest BCUT2D eigenvalue weighted by molar-refractivity contribution is -0.119. The maximum absolute atomic E-state index is 13.2. The molecule has 34 heavy (non-hydrogen) atoms. The summed E-state index contributed by atoms with van der Waals surface area (Å²) >= 11 is 1.35. The van der Waals surface area contributed by atoms with Crippen LogP contribution in [0.3, 0.4) is 0 Å². The molecule has 9 heteroatoms. The van der Waals surface area contributed by atoms with Crippen LogP contribution in [0.4, 0.5) is 5.13 Å². The third-order valence-corrected chi connectivity index (χ3v) is 9.23. The number of nitrogens with zero attached hydrogens (tertiary/aromatic N) is 2. The van der Waals surface area contributed by atoms with Crippen molar-refractivity contribution in [3.8, 4) is 17.0 Å². The smallest absolute Gasteiger partial charge is 0.244 e. The first-order valence-electron chi connectivity index (χ1n) is 11.5. The van der Waals surface area contributed by atoms with Gasteiger partial charge in [0.05, 0.1) is 17.7 Å². The number of fused-ring (bicyclic) bond motifs is 1. The molecule has 0 bridgehead atoms. The molecule has 1 aliphatic carbocycles. The Hall–Kier alpha value is -2.75. The van der Waals surface area contributed by atoms with Crippen molar-refractivity contribution < 1.29 is 17.9 Å². The van der Waals surface area contributed by atoms with E-state index < -0.39 is 16.1 Å². The van der Waals surface area contributed by atoms with Crippen molar-refractivity contribution in [2.75, 3.05) is 19.0 Å². The molecule has 1 aliphatic heterocycles. The standard InChI is InChI=1S/C25H27N3O4S2/c1-32-20-10-12-21(13-11-20)34(30,31)28-14-4-7-23(28)24(29)27-25-26-22(16-33-25)19-9-8-17-5-2-3-6-18(17)15-19/h8-13,15-16,23H,2-7,14H2,1H3,(H,26,27,29). The van der Waals surface area contributed by atoms with Gasteiger partial charge in [-0.2, -0.15) is 4.31 Å². The van der Waals surface area contributed by atoms with Gasteiger partial charge in [-0.05, 0) is 80.0 Å². The first-order valence-corrected chi connectivity index (χ1v) is 13.8. The van der Waals surface area contributed by atoms with E-state index in [2.05, 4.69) is 28.5 Å². The van der Waals surface area contributed by atoms with Crippen LogP contribution in [0.1, 0.15) is 36.8 Å². The normalized spacial score (nSPS) is 18.4. The molecule has 0 radical (unpaired) electrons. The van der Waals surface area contributed by atoms with Crippen molar-refractivity contribution in [2.45, 2.75) is 49.5 Å². The van der Waals surface area contributed by atoms with Crippen LogP contribution >= 0.6 is 11.3 Å². The van der Waals surface area contributed by atoms with Gasteiger partial charge in [0.15, 0.2) is 5.13 Å². The Labute approximate surface area is 203 Å². The number of anilines is 1. The van der Waals surface area contributed by atoms with Crippen molar-refractivity contribution in [2.24, 2.45) is 0 Å². The highest BCUT2D eigenvalue weighted by Gasteiger charge is 2.39. The minimum absolute atomic E-state index is 0.150. The number of methoxy groups -OCH3 is 1. The van der Waals surface area contributed by atoms with Crippen molar-refractivity contribution in [3.05, 3.63) is 59.0 Å². The number of hydrogen-bond acceptors (Lipinski definition) is 6. The highest BCUT2D eigenvalue weighted by atomic mass is 32.2. The fourth-order valence-corrected chi connectivity index (χ4v) is 7.10. The summed E-state index contributed by atoms with van der Waals surface area (Å²) in [6.07, 6.45) is 5.79. The third-order valence-electron chi connectivity index (χ3n) is 6.55. The number of hydrogen-bond donors (Lipinski definition) is 1. The highest BCUT2D eigenvalue weighted by Crippen LogP contribution is 2.31. The average molecular weight is 498 g/mol. The van der Waals surface area contributed by atoms with Crippen LogP contribution < -0.4 is 10.1 Å². The zero-order valence-electron chi connectivity index (χ0n) is 19.0. The number of amides is 1. The topological polar surface area (TPSA) is 88.6 Å². The lowest BCUT2D eigenvalue weighted by atomic mass is 9.90.